The largest absolute Gasteiger partial charge is 0.454 e. The maximum Gasteiger partial charge on any atom is 0.188 e. The summed E-state index contributed by atoms with van der Waals surface area (Å²) in [5.41, 5.74) is 1.76. The second-order valence-electron chi connectivity index (χ2n) is 16.5. The summed E-state index contributed by atoms with van der Waals surface area (Å²) in [6.45, 7) is 15.7. The highest BCUT2D eigenvalue weighted by atomic mass is 32.2. The van der Waals surface area contributed by atoms with Gasteiger partial charge in [-0.2, -0.15) is 47.0 Å². The van der Waals surface area contributed by atoms with Gasteiger partial charge in [-0.05, 0) is 73.4 Å². The minimum atomic E-state index is -2.08. The lowest BCUT2D eigenvalue weighted by Gasteiger charge is -2.43. The predicted molar refractivity (Wildman–Crippen MR) is 269 cm³/mol. The fourth-order valence-corrected chi connectivity index (χ4v) is 36.6. The summed E-state index contributed by atoms with van der Waals surface area (Å²) in [7, 11) is -8.31. The zero-order valence-corrected chi connectivity index (χ0v) is 43.0. The SMILES string of the molecule is C[Si]1(C2C=CC=C2)CCSCCOCCOCCSCC[Si](C)(C2C=CC=C2)O[Si](C)(C2C=CC=C2)CCSCCOCCOCCSCC[Si](C)(C2C=CC=C2)O1. The molecule has 58 heavy (non-hydrogen) atoms. The zero-order chi connectivity index (χ0) is 40.8. The van der Waals surface area contributed by atoms with Gasteiger partial charge in [-0.25, -0.2) is 0 Å². The molecule has 0 bridgehead atoms. The molecule has 4 aliphatic carbocycles. The third-order valence-electron chi connectivity index (χ3n) is 11.9. The van der Waals surface area contributed by atoms with Crippen molar-refractivity contribution in [2.75, 3.05) is 98.9 Å². The van der Waals surface area contributed by atoms with Crippen molar-refractivity contribution in [1.82, 2.24) is 0 Å². The van der Waals surface area contributed by atoms with Crippen molar-refractivity contribution in [3.8, 4) is 0 Å². The first-order valence-electron chi connectivity index (χ1n) is 21.7. The molecule has 0 aromatic heterocycles. The maximum atomic E-state index is 7.62. The Kier molecular flexibility index (Phi) is 22.4. The normalized spacial score (nSPS) is 34.0. The number of allylic oxidation sites excluding steroid dienone is 16. The van der Waals surface area contributed by atoms with Crippen LogP contribution in [-0.2, 0) is 27.2 Å². The highest BCUT2D eigenvalue weighted by Gasteiger charge is 2.47. The summed E-state index contributed by atoms with van der Waals surface area (Å²) in [5.74, 6) is 8.49. The molecule has 4 atom stereocenters. The van der Waals surface area contributed by atoms with Gasteiger partial charge in [0.2, 0.25) is 0 Å². The Balaban J connectivity index is 1.13. The number of hydrogen-bond donors (Lipinski definition) is 0. The summed E-state index contributed by atoms with van der Waals surface area (Å²) in [6.07, 6.45) is 36.9. The molecular formula is C44H72O6S4Si4. The zero-order valence-electron chi connectivity index (χ0n) is 35.8. The Labute approximate surface area is 373 Å². The monoisotopic (exact) mass is 936 g/mol. The Morgan fingerprint density at radius 1 is 0.310 bits per heavy atom. The van der Waals surface area contributed by atoms with Gasteiger partial charge in [0.15, 0.2) is 33.3 Å². The summed E-state index contributed by atoms with van der Waals surface area (Å²) >= 11 is 8.05. The third kappa shape index (κ3) is 16.3. The smallest absolute Gasteiger partial charge is 0.188 e. The number of hydrogen-bond acceptors (Lipinski definition) is 10. The second-order valence-corrected chi connectivity index (χ2v) is 38.2. The molecule has 0 radical (unpaired) electrons. The summed E-state index contributed by atoms with van der Waals surface area (Å²) in [5, 5.41) is 0. The van der Waals surface area contributed by atoms with Crippen LogP contribution < -0.4 is 0 Å². The van der Waals surface area contributed by atoms with Gasteiger partial charge in [-0.1, -0.05) is 97.2 Å². The maximum absolute atomic E-state index is 7.62. The summed E-state index contributed by atoms with van der Waals surface area (Å²) in [6, 6.07) is 4.61. The number of rotatable bonds is 4. The van der Waals surface area contributed by atoms with Crippen molar-refractivity contribution in [3.05, 3.63) is 97.2 Å². The van der Waals surface area contributed by atoms with Crippen LogP contribution in [0, 0.1) is 0 Å². The first-order chi connectivity index (χ1) is 28.2. The second kappa shape index (κ2) is 26.5. The lowest BCUT2D eigenvalue weighted by Crippen LogP contribution is -2.52. The molecule has 1 heterocycles. The molecule has 4 unspecified atom stereocenters. The predicted octanol–water partition coefficient (Wildman–Crippen LogP) is 11.3. The van der Waals surface area contributed by atoms with Crippen LogP contribution in [0.5, 0.6) is 0 Å². The quantitative estimate of drug-likeness (QED) is 0.255. The molecule has 6 nitrogen and oxygen atoms in total. The minimum Gasteiger partial charge on any atom is -0.454 e. The van der Waals surface area contributed by atoms with Crippen molar-refractivity contribution in [2.24, 2.45) is 0 Å². The van der Waals surface area contributed by atoms with E-state index in [1.54, 1.807) is 0 Å². The molecule has 0 amide bonds. The molecule has 0 saturated carbocycles. The van der Waals surface area contributed by atoms with Gasteiger partial charge < -0.3 is 27.2 Å². The van der Waals surface area contributed by atoms with Crippen molar-refractivity contribution < 1.29 is 27.2 Å². The van der Waals surface area contributed by atoms with E-state index in [2.05, 4.69) is 123 Å². The van der Waals surface area contributed by atoms with Gasteiger partial charge in [-0.15, -0.1) is 0 Å². The molecule has 5 aliphatic rings. The lowest BCUT2D eigenvalue weighted by atomic mass is 10.5. The fraction of sp³-hybridized carbons (Fsp3) is 0.636. The van der Waals surface area contributed by atoms with E-state index in [-0.39, 0.29) is 0 Å². The highest BCUT2D eigenvalue weighted by Crippen LogP contribution is 2.44. The van der Waals surface area contributed by atoms with E-state index in [0.717, 1.165) is 96.6 Å². The Hall–Kier alpha value is -0.0525. The number of ether oxygens (including phenoxy) is 4. The van der Waals surface area contributed by atoms with E-state index < -0.39 is 33.3 Å². The third-order valence-corrected chi connectivity index (χ3v) is 36.8. The molecule has 324 valence electrons. The van der Waals surface area contributed by atoms with Gasteiger partial charge in [0, 0.05) is 45.2 Å². The van der Waals surface area contributed by atoms with E-state index >= 15 is 0 Å². The van der Waals surface area contributed by atoms with Gasteiger partial charge in [0.05, 0.1) is 52.9 Å². The van der Waals surface area contributed by atoms with Crippen LogP contribution in [-0.4, -0.2) is 132 Å². The minimum absolute atomic E-state index is 0.440. The molecule has 5 rings (SSSR count). The lowest BCUT2D eigenvalue weighted by molar-refractivity contribution is 0.0605. The molecule has 0 spiro atoms. The first-order valence-corrected chi connectivity index (χ1v) is 37.1. The van der Waals surface area contributed by atoms with Crippen molar-refractivity contribution >= 4 is 80.3 Å². The van der Waals surface area contributed by atoms with E-state index in [9.17, 15) is 0 Å². The van der Waals surface area contributed by atoms with E-state index in [0.29, 0.717) is 48.6 Å². The van der Waals surface area contributed by atoms with E-state index in [4.69, 9.17) is 27.2 Å². The van der Waals surface area contributed by atoms with Crippen LogP contribution in [0.25, 0.3) is 0 Å². The van der Waals surface area contributed by atoms with Crippen LogP contribution >= 0.6 is 47.0 Å². The van der Waals surface area contributed by atoms with Crippen molar-refractivity contribution in [3.63, 3.8) is 0 Å². The molecule has 14 heteroatoms. The average Bonchev–Trinajstić information content (AvgIpc) is 4.06. The molecule has 0 aromatic carbocycles. The molecule has 1 fully saturated rings. The Morgan fingerprint density at radius 3 is 0.724 bits per heavy atom. The topological polar surface area (TPSA) is 55.4 Å². The van der Waals surface area contributed by atoms with E-state index in [1.807, 2.05) is 47.0 Å². The van der Waals surface area contributed by atoms with Gasteiger partial charge >= 0.3 is 0 Å². The van der Waals surface area contributed by atoms with Crippen LogP contribution in [0.4, 0.5) is 0 Å². The van der Waals surface area contributed by atoms with Crippen molar-refractivity contribution in [2.45, 2.75) is 72.5 Å². The average molecular weight is 938 g/mol. The van der Waals surface area contributed by atoms with Gasteiger partial charge in [-0.3, -0.25) is 0 Å². The Morgan fingerprint density at radius 2 is 0.517 bits per heavy atom. The van der Waals surface area contributed by atoms with Gasteiger partial charge in [0.25, 0.3) is 0 Å². The summed E-state index contributed by atoms with van der Waals surface area (Å²) < 4.78 is 39.3. The molecule has 1 aliphatic heterocycles. The summed E-state index contributed by atoms with van der Waals surface area (Å²) in [4.78, 5) is 0. The number of thioether (sulfide) groups is 4. The molecular weight excluding hydrogens is 865 g/mol. The van der Waals surface area contributed by atoms with Crippen molar-refractivity contribution in [1.29, 1.82) is 0 Å². The fourth-order valence-electron chi connectivity index (χ4n) is 8.19. The standard InChI is InChI=1S/C44H72O6S4Si4/c1-55(41-13-5-6-14-41)37-33-51-29-25-45-21-22-47-27-31-53-35-39-57(3,43-17-9-10-18-43)50-58(4,44-19-11-12-20-44)40-36-54-32-28-48-24-23-46-26-30-52-34-38-56(2,49-55)42-15-7-8-16-42/h5-20,41-44H,21-40H2,1-4H3. The molecule has 0 aromatic rings. The van der Waals surface area contributed by atoms with Crippen LogP contribution in [0.2, 0.25) is 72.5 Å². The Bertz CT molecular complexity index is 1200. The van der Waals surface area contributed by atoms with E-state index in [1.165, 1.54) is 0 Å². The molecule has 0 N–H and O–H groups in total. The molecule has 1 saturated heterocycles. The van der Waals surface area contributed by atoms with Crippen LogP contribution in [0.1, 0.15) is 0 Å². The van der Waals surface area contributed by atoms with Crippen LogP contribution in [0.3, 0.4) is 0 Å². The van der Waals surface area contributed by atoms with Crippen LogP contribution in [0.15, 0.2) is 97.2 Å². The first kappa shape index (κ1) is 49.0. The van der Waals surface area contributed by atoms with Gasteiger partial charge in [0.1, 0.15) is 0 Å². The highest BCUT2D eigenvalue weighted by molar-refractivity contribution is 8.00.